The van der Waals surface area contributed by atoms with Gasteiger partial charge >= 0.3 is 6.09 Å². The summed E-state index contributed by atoms with van der Waals surface area (Å²) in [6.45, 7) is -0.104. The molecule has 0 heterocycles. The summed E-state index contributed by atoms with van der Waals surface area (Å²) >= 11 is 0. The molecule has 1 aliphatic carbocycles. The van der Waals surface area contributed by atoms with Gasteiger partial charge in [0.2, 0.25) is 0 Å². The molecule has 0 radical (unpaired) electrons. The van der Waals surface area contributed by atoms with Crippen molar-refractivity contribution in [2.75, 3.05) is 19.3 Å². The lowest BCUT2D eigenvalue weighted by molar-refractivity contribution is -0.313. The summed E-state index contributed by atoms with van der Waals surface area (Å²) in [7, 11) is -4.62. The number of amides is 1. The second kappa shape index (κ2) is 6.77. The monoisotopic (exact) mass is 345 g/mol. The van der Waals surface area contributed by atoms with E-state index in [1.165, 1.54) is 0 Å². The van der Waals surface area contributed by atoms with E-state index in [1.54, 1.807) is 0 Å². The number of fused-ring (bicyclic) bond motifs is 3. The van der Waals surface area contributed by atoms with Crippen molar-refractivity contribution < 1.29 is 23.9 Å². The van der Waals surface area contributed by atoms with Crippen LogP contribution in [0.4, 0.5) is 4.79 Å². The number of carbonyl (C=O) groups excluding carboxylic acids is 1. The summed E-state index contributed by atoms with van der Waals surface area (Å²) in [5.41, 5.74) is 4.44. The molecule has 0 saturated carbocycles. The normalized spacial score (nSPS) is 13.2. The smallest absolute Gasteiger partial charge is 0.407 e. The minimum Gasteiger partial charge on any atom is -0.811 e. The Kier molecular flexibility index (Phi) is 4.71. The van der Waals surface area contributed by atoms with E-state index in [9.17, 15) is 19.1 Å². The Morgan fingerprint density at radius 3 is 2.12 bits per heavy atom. The zero-order chi connectivity index (χ0) is 17.2. The molecule has 1 aliphatic rings. The second-order valence-electron chi connectivity index (χ2n) is 5.59. The highest BCUT2D eigenvalue weighted by Crippen LogP contribution is 2.44. The fraction of sp³-hybridized carbons (Fsp3) is 0.235. The van der Waals surface area contributed by atoms with Gasteiger partial charge < -0.3 is 24.4 Å². The van der Waals surface area contributed by atoms with Gasteiger partial charge in [0.05, 0.1) is 0 Å². The molecule has 2 aromatic rings. The Balaban J connectivity index is 1.65. The Bertz CT molecular complexity index is 756. The molecule has 2 aromatic carbocycles. The molecule has 0 unspecified atom stereocenters. The first kappa shape index (κ1) is 16.7. The van der Waals surface area contributed by atoms with E-state index in [2.05, 4.69) is 5.32 Å². The van der Waals surface area contributed by atoms with E-state index < -0.39 is 19.9 Å². The van der Waals surface area contributed by atoms with Crippen LogP contribution in [0.5, 0.6) is 0 Å². The lowest BCUT2D eigenvalue weighted by Gasteiger charge is -2.29. The molecular formula is C17H16NO5P-2. The molecule has 0 bridgehead atoms. The van der Waals surface area contributed by atoms with Crippen LogP contribution < -0.4 is 15.1 Å². The van der Waals surface area contributed by atoms with Crippen LogP contribution in [0.3, 0.4) is 0 Å². The van der Waals surface area contributed by atoms with Crippen LogP contribution in [0.1, 0.15) is 17.0 Å². The summed E-state index contributed by atoms with van der Waals surface area (Å²) in [4.78, 5) is 32.8. The molecule has 0 aromatic heterocycles. The third-order valence-corrected chi connectivity index (χ3v) is 4.77. The van der Waals surface area contributed by atoms with Gasteiger partial charge in [-0.25, -0.2) is 4.79 Å². The van der Waals surface area contributed by atoms with Crippen LogP contribution in [0.15, 0.2) is 48.5 Å². The second-order valence-corrected chi connectivity index (χ2v) is 7.26. The molecule has 7 heteroatoms. The minimum absolute atomic E-state index is 0.0618. The molecule has 0 atom stereocenters. The number of hydrogen-bond donors (Lipinski definition) is 1. The number of nitrogens with one attached hydrogen (secondary N) is 1. The average Bonchev–Trinajstić information content (AvgIpc) is 2.86. The predicted molar refractivity (Wildman–Crippen MR) is 85.5 cm³/mol. The molecule has 0 spiro atoms. The molecule has 0 fully saturated rings. The van der Waals surface area contributed by atoms with E-state index in [1.807, 2.05) is 48.5 Å². The highest BCUT2D eigenvalue weighted by atomic mass is 31.2. The molecular weight excluding hydrogens is 329 g/mol. The Morgan fingerprint density at radius 1 is 1.04 bits per heavy atom. The summed E-state index contributed by atoms with van der Waals surface area (Å²) in [5.74, 6) is -0.0618. The highest BCUT2D eigenvalue weighted by Gasteiger charge is 2.28. The van der Waals surface area contributed by atoms with Gasteiger partial charge in [0.1, 0.15) is 6.61 Å². The third-order valence-electron chi connectivity index (χ3n) is 4.00. The van der Waals surface area contributed by atoms with Crippen molar-refractivity contribution in [3.8, 4) is 11.1 Å². The van der Waals surface area contributed by atoms with Crippen molar-refractivity contribution >= 4 is 13.7 Å². The lowest BCUT2D eigenvalue weighted by Crippen LogP contribution is -2.31. The first-order valence-electron chi connectivity index (χ1n) is 7.55. The Hall–Kier alpha value is -2.14. The van der Waals surface area contributed by atoms with Gasteiger partial charge in [0.25, 0.3) is 0 Å². The van der Waals surface area contributed by atoms with E-state index >= 15 is 0 Å². The molecule has 0 aliphatic heterocycles. The maximum Gasteiger partial charge on any atom is 0.407 e. The van der Waals surface area contributed by atoms with Crippen LogP contribution in [-0.4, -0.2) is 25.4 Å². The maximum absolute atomic E-state index is 11.7. The van der Waals surface area contributed by atoms with Crippen molar-refractivity contribution in [3.63, 3.8) is 0 Å². The van der Waals surface area contributed by atoms with Gasteiger partial charge in [-0.15, -0.1) is 0 Å². The first-order valence-corrected chi connectivity index (χ1v) is 9.28. The van der Waals surface area contributed by atoms with E-state index in [0.717, 1.165) is 22.3 Å². The number of ether oxygens (including phenoxy) is 1. The fourth-order valence-electron chi connectivity index (χ4n) is 2.94. The van der Waals surface area contributed by atoms with Gasteiger partial charge in [-0.1, -0.05) is 56.1 Å². The van der Waals surface area contributed by atoms with Gasteiger partial charge in [-0.3, -0.25) is 0 Å². The highest BCUT2D eigenvalue weighted by molar-refractivity contribution is 7.48. The third kappa shape index (κ3) is 3.67. The number of benzene rings is 2. The van der Waals surface area contributed by atoms with Crippen molar-refractivity contribution in [2.24, 2.45) is 0 Å². The Labute approximate surface area is 139 Å². The summed E-state index contributed by atoms with van der Waals surface area (Å²) < 4.78 is 15.7. The summed E-state index contributed by atoms with van der Waals surface area (Å²) in [5, 5.41) is 2.28. The largest absolute Gasteiger partial charge is 0.811 e. The number of alkyl carbamates (subject to hydrolysis) is 1. The first-order chi connectivity index (χ1) is 11.5. The molecule has 1 N–H and O–H groups in total. The van der Waals surface area contributed by atoms with Crippen molar-refractivity contribution in [3.05, 3.63) is 59.7 Å². The molecule has 24 heavy (non-hydrogen) atoms. The summed E-state index contributed by atoms with van der Waals surface area (Å²) in [6, 6.07) is 15.9. The number of carbonyl (C=O) groups is 1. The van der Waals surface area contributed by atoms with Crippen LogP contribution in [0.25, 0.3) is 11.1 Å². The average molecular weight is 345 g/mol. The minimum atomic E-state index is -4.62. The van der Waals surface area contributed by atoms with E-state index in [4.69, 9.17) is 4.74 Å². The topological polar surface area (TPSA) is 102 Å². The quantitative estimate of drug-likeness (QED) is 0.826. The van der Waals surface area contributed by atoms with E-state index in [-0.39, 0.29) is 19.1 Å². The molecule has 6 nitrogen and oxygen atoms in total. The van der Waals surface area contributed by atoms with Crippen molar-refractivity contribution in [2.45, 2.75) is 5.92 Å². The van der Waals surface area contributed by atoms with Crippen molar-refractivity contribution in [1.82, 2.24) is 5.32 Å². The van der Waals surface area contributed by atoms with Gasteiger partial charge in [0, 0.05) is 12.5 Å². The summed E-state index contributed by atoms with van der Waals surface area (Å²) in [6.07, 6.45) is -1.36. The zero-order valence-corrected chi connectivity index (χ0v) is 13.7. The van der Waals surface area contributed by atoms with Gasteiger partial charge in [0.15, 0.2) is 0 Å². The Morgan fingerprint density at radius 2 is 1.58 bits per heavy atom. The zero-order valence-electron chi connectivity index (χ0n) is 12.8. The van der Waals surface area contributed by atoms with Crippen LogP contribution in [0.2, 0.25) is 0 Å². The fourth-order valence-corrected chi connectivity index (χ4v) is 3.33. The predicted octanol–water partition coefficient (Wildman–Crippen LogP) is 1.44. The lowest BCUT2D eigenvalue weighted by atomic mass is 9.98. The molecule has 0 saturated heterocycles. The van der Waals surface area contributed by atoms with Crippen molar-refractivity contribution in [1.29, 1.82) is 0 Å². The standard InChI is InChI=1S/C17H18NO5P/c19-17(18-9-10-24(20,21)22)23-11-16-14-7-3-1-5-12(14)13-6-2-4-8-15(13)16/h1-8,16H,9-11H2,(H,18,19)(H2,20,21,22)/p-2. The SMILES string of the molecule is O=C(NCCP(=O)([O-])[O-])OCC1c2ccccc2-c2ccccc21. The molecule has 126 valence electrons. The maximum atomic E-state index is 11.7. The molecule has 3 rings (SSSR count). The molecule has 1 amide bonds. The number of hydrogen-bond acceptors (Lipinski definition) is 5. The number of rotatable bonds is 5. The van der Waals surface area contributed by atoms with Crippen LogP contribution in [0, 0.1) is 0 Å². The van der Waals surface area contributed by atoms with Crippen LogP contribution in [-0.2, 0) is 9.30 Å². The van der Waals surface area contributed by atoms with Gasteiger partial charge in [-0.2, -0.15) is 0 Å². The van der Waals surface area contributed by atoms with E-state index in [0.29, 0.717) is 0 Å². The van der Waals surface area contributed by atoms with Crippen LogP contribution >= 0.6 is 7.60 Å². The van der Waals surface area contributed by atoms with Gasteiger partial charge in [-0.05, 0) is 28.4 Å².